The third-order valence-electron chi connectivity index (χ3n) is 5.02. The van der Waals surface area contributed by atoms with Crippen LogP contribution in [0.3, 0.4) is 0 Å². The summed E-state index contributed by atoms with van der Waals surface area (Å²) in [6, 6.07) is 8.74. The molecular formula is C19H31NO2. The van der Waals surface area contributed by atoms with Crippen LogP contribution in [-0.4, -0.2) is 43.4 Å². The lowest BCUT2D eigenvalue weighted by Gasteiger charge is -2.42. The third-order valence-corrected chi connectivity index (χ3v) is 5.02. The van der Waals surface area contributed by atoms with Crippen LogP contribution in [0.1, 0.15) is 43.7 Å². The first-order valence-electron chi connectivity index (χ1n) is 8.62. The van der Waals surface area contributed by atoms with Crippen molar-refractivity contribution < 1.29 is 9.84 Å². The number of ether oxygens (including phenoxy) is 1. The highest BCUT2D eigenvalue weighted by Gasteiger charge is 2.34. The number of piperidine rings is 1. The minimum Gasteiger partial charge on any atom is -0.396 e. The average Bonchev–Trinajstić information content (AvgIpc) is 2.56. The second-order valence-corrected chi connectivity index (χ2v) is 6.69. The van der Waals surface area contributed by atoms with Gasteiger partial charge >= 0.3 is 0 Å². The van der Waals surface area contributed by atoms with E-state index >= 15 is 0 Å². The van der Waals surface area contributed by atoms with E-state index in [0.29, 0.717) is 6.61 Å². The summed E-state index contributed by atoms with van der Waals surface area (Å²) in [6.07, 6.45) is 5.50. The third kappa shape index (κ3) is 4.55. The Kier molecular flexibility index (Phi) is 6.87. The van der Waals surface area contributed by atoms with Crippen molar-refractivity contribution in [2.24, 2.45) is 5.41 Å². The fraction of sp³-hybridized carbons (Fsp3) is 0.684. The molecule has 1 atom stereocenters. The number of nitrogens with zero attached hydrogens (tertiary/aromatic N) is 1. The standard InChI is InChI=1S/C19H31NO2/c1-3-17-8-4-5-9-18(17)14-20-12-6-10-19(15-20,16-21)11-7-13-22-2/h4-5,8-9,21H,3,6-7,10-16H2,1-2H3. The smallest absolute Gasteiger partial charge is 0.0499 e. The zero-order valence-electron chi connectivity index (χ0n) is 14.2. The van der Waals surface area contributed by atoms with E-state index in [9.17, 15) is 5.11 Å². The van der Waals surface area contributed by atoms with E-state index in [2.05, 4.69) is 36.1 Å². The maximum atomic E-state index is 9.96. The maximum absolute atomic E-state index is 9.96. The van der Waals surface area contributed by atoms with Crippen molar-refractivity contribution in [2.75, 3.05) is 33.4 Å². The van der Waals surface area contributed by atoms with E-state index in [4.69, 9.17) is 4.74 Å². The number of rotatable bonds is 8. The largest absolute Gasteiger partial charge is 0.396 e. The summed E-state index contributed by atoms with van der Waals surface area (Å²) in [5, 5.41) is 9.96. The number of aliphatic hydroxyl groups is 1. The summed E-state index contributed by atoms with van der Waals surface area (Å²) in [5.74, 6) is 0. The highest BCUT2D eigenvalue weighted by molar-refractivity contribution is 5.27. The summed E-state index contributed by atoms with van der Waals surface area (Å²) >= 11 is 0. The number of hydrogen-bond acceptors (Lipinski definition) is 3. The number of likely N-dealkylation sites (tertiary alicyclic amines) is 1. The number of hydrogen-bond donors (Lipinski definition) is 1. The van der Waals surface area contributed by atoms with Crippen molar-refractivity contribution in [3.63, 3.8) is 0 Å². The first kappa shape index (κ1) is 17.5. The molecule has 1 aromatic rings. The van der Waals surface area contributed by atoms with Crippen LogP contribution in [0.25, 0.3) is 0 Å². The van der Waals surface area contributed by atoms with Gasteiger partial charge in [-0.15, -0.1) is 0 Å². The summed E-state index contributed by atoms with van der Waals surface area (Å²) < 4.78 is 5.18. The van der Waals surface area contributed by atoms with Gasteiger partial charge in [0, 0.05) is 38.8 Å². The van der Waals surface area contributed by atoms with Crippen LogP contribution in [-0.2, 0) is 17.7 Å². The van der Waals surface area contributed by atoms with Gasteiger partial charge in [0.2, 0.25) is 0 Å². The van der Waals surface area contributed by atoms with Crippen molar-refractivity contribution in [1.29, 1.82) is 0 Å². The highest BCUT2D eigenvalue weighted by atomic mass is 16.5. The molecule has 1 aromatic carbocycles. The lowest BCUT2D eigenvalue weighted by molar-refractivity contribution is 0.0158. The molecule has 1 fully saturated rings. The topological polar surface area (TPSA) is 32.7 Å². The SMILES string of the molecule is CCc1ccccc1CN1CCCC(CO)(CCCOC)C1. The molecule has 1 N–H and O–H groups in total. The first-order valence-corrected chi connectivity index (χ1v) is 8.62. The quantitative estimate of drug-likeness (QED) is 0.748. The fourth-order valence-electron chi connectivity index (χ4n) is 3.75. The Morgan fingerprint density at radius 3 is 2.73 bits per heavy atom. The van der Waals surface area contributed by atoms with Crippen molar-refractivity contribution in [1.82, 2.24) is 4.90 Å². The van der Waals surface area contributed by atoms with Gasteiger partial charge < -0.3 is 9.84 Å². The number of methoxy groups -OCH3 is 1. The predicted octanol–water partition coefficient (Wildman–Crippen LogP) is 3.25. The van der Waals surface area contributed by atoms with Crippen LogP contribution < -0.4 is 0 Å². The van der Waals surface area contributed by atoms with Crippen LogP contribution in [0.2, 0.25) is 0 Å². The summed E-state index contributed by atoms with van der Waals surface area (Å²) in [4.78, 5) is 2.53. The molecule has 1 heterocycles. The first-order chi connectivity index (χ1) is 10.7. The van der Waals surface area contributed by atoms with E-state index in [1.807, 2.05) is 0 Å². The van der Waals surface area contributed by atoms with Gasteiger partial charge in [-0.2, -0.15) is 0 Å². The molecule has 0 aliphatic carbocycles. The fourth-order valence-corrected chi connectivity index (χ4v) is 3.75. The molecule has 0 aromatic heterocycles. The summed E-state index contributed by atoms with van der Waals surface area (Å²) in [6.45, 7) is 6.46. The van der Waals surface area contributed by atoms with Crippen LogP contribution in [0.4, 0.5) is 0 Å². The molecule has 22 heavy (non-hydrogen) atoms. The summed E-state index contributed by atoms with van der Waals surface area (Å²) in [7, 11) is 1.75. The molecule has 1 saturated heterocycles. The van der Waals surface area contributed by atoms with Gasteiger partial charge in [0.15, 0.2) is 0 Å². The number of benzene rings is 1. The molecule has 3 heteroatoms. The Morgan fingerprint density at radius 1 is 1.27 bits per heavy atom. The lowest BCUT2D eigenvalue weighted by Crippen LogP contribution is -2.45. The molecule has 3 nitrogen and oxygen atoms in total. The molecule has 1 aliphatic heterocycles. The Morgan fingerprint density at radius 2 is 2.05 bits per heavy atom. The molecular weight excluding hydrogens is 274 g/mol. The van der Waals surface area contributed by atoms with Crippen molar-refractivity contribution >= 4 is 0 Å². The second-order valence-electron chi connectivity index (χ2n) is 6.69. The van der Waals surface area contributed by atoms with E-state index < -0.39 is 0 Å². The molecule has 0 saturated carbocycles. The average molecular weight is 305 g/mol. The molecule has 124 valence electrons. The molecule has 1 aliphatic rings. The zero-order chi connectivity index (χ0) is 15.8. The Hall–Kier alpha value is -0.900. The van der Waals surface area contributed by atoms with Gasteiger partial charge in [0.05, 0.1) is 0 Å². The van der Waals surface area contributed by atoms with Crippen LogP contribution >= 0.6 is 0 Å². The van der Waals surface area contributed by atoms with Crippen LogP contribution in [0.5, 0.6) is 0 Å². The normalized spacial score (nSPS) is 22.9. The van der Waals surface area contributed by atoms with Gasteiger partial charge in [-0.25, -0.2) is 0 Å². The Bertz CT molecular complexity index is 449. The van der Waals surface area contributed by atoms with E-state index in [-0.39, 0.29) is 5.41 Å². The van der Waals surface area contributed by atoms with Crippen molar-refractivity contribution in [2.45, 2.75) is 45.6 Å². The molecule has 0 spiro atoms. The molecule has 0 bridgehead atoms. The van der Waals surface area contributed by atoms with Crippen LogP contribution in [0.15, 0.2) is 24.3 Å². The van der Waals surface area contributed by atoms with E-state index in [1.54, 1.807) is 7.11 Å². The minimum atomic E-state index is 0.0674. The number of aliphatic hydroxyl groups excluding tert-OH is 1. The Balaban J connectivity index is 1.99. The highest BCUT2D eigenvalue weighted by Crippen LogP contribution is 2.35. The predicted molar refractivity (Wildman–Crippen MR) is 91.0 cm³/mol. The van der Waals surface area contributed by atoms with Gasteiger partial charge in [-0.3, -0.25) is 4.90 Å². The molecule has 1 unspecified atom stereocenters. The molecule has 2 rings (SSSR count). The monoisotopic (exact) mass is 305 g/mol. The second kappa shape index (κ2) is 8.66. The number of aryl methyl sites for hydroxylation is 1. The Labute approximate surface area is 135 Å². The van der Waals surface area contributed by atoms with Crippen molar-refractivity contribution in [3.05, 3.63) is 35.4 Å². The van der Waals surface area contributed by atoms with E-state index in [0.717, 1.165) is 51.9 Å². The lowest BCUT2D eigenvalue weighted by atomic mass is 9.77. The molecule has 0 radical (unpaired) electrons. The summed E-state index contributed by atoms with van der Waals surface area (Å²) in [5.41, 5.74) is 2.95. The van der Waals surface area contributed by atoms with Crippen LogP contribution in [0, 0.1) is 5.41 Å². The van der Waals surface area contributed by atoms with Crippen molar-refractivity contribution in [3.8, 4) is 0 Å². The van der Waals surface area contributed by atoms with Gasteiger partial charge in [-0.1, -0.05) is 31.2 Å². The van der Waals surface area contributed by atoms with Gasteiger partial charge in [-0.05, 0) is 49.8 Å². The zero-order valence-corrected chi connectivity index (χ0v) is 14.2. The minimum absolute atomic E-state index is 0.0674. The maximum Gasteiger partial charge on any atom is 0.0499 e. The van der Waals surface area contributed by atoms with Gasteiger partial charge in [0.1, 0.15) is 0 Å². The molecule has 0 amide bonds. The van der Waals surface area contributed by atoms with E-state index in [1.165, 1.54) is 17.5 Å². The van der Waals surface area contributed by atoms with Gasteiger partial charge in [0.25, 0.3) is 0 Å².